The highest BCUT2D eigenvalue weighted by atomic mass is 16.5. The van der Waals surface area contributed by atoms with Crippen molar-refractivity contribution in [2.24, 2.45) is 0 Å². The van der Waals surface area contributed by atoms with Crippen LogP contribution in [0.1, 0.15) is 132 Å². The predicted octanol–water partition coefficient (Wildman–Crippen LogP) is 12.5. The summed E-state index contributed by atoms with van der Waals surface area (Å²) >= 11 is 0. The van der Waals surface area contributed by atoms with Crippen LogP contribution in [0.2, 0.25) is 0 Å². The zero-order valence-electron chi connectivity index (χ0n) is 28.2. The maximum atomic E-state index is 13.2. The molecule has 0 bridgehead atoms. The van der Waals surface area contributed by atoms with Gasteiger partial charge < -0.3 is 18.3 Å². The summed E-state index contributed by atoms with van der Waals surface area (Å²) in [6, 6.07) is 3.39. The Morgan fingerprint density at radius 1 is 0.522 bits per heavy atom. The molecule has 0 saturated heterocycles. The molecular weight excluding hydrogens is 572 g/mol. The zero-order valence-corrected chi connectivity index (χ0v) is 28.2. The lowest BCUT2D eigenvalue weighted by Gasteiger charge is -2.07. The quantitative estimate of drug-likeness (QED) is 0.0488. The molecule has 5 heteroatoms. The molecule has 0 fully saturated rings. The SMILES string of the molecule is C=CC/C=C/C/C=C/CCCCCCCCOc1ccoc1C(=O)c1occc1OCCCCCCCC/C=C/C/C=C/CC=C. The number of unbranched alkanes of at least 4 members (excludes halogenated alkanes) is 12. The van der Waals surface area contributed by atoms with Gasteiger partial charge in [0.15, 0.2) is 11.5 Å². The highest BCUT2D eigenvalue weighted by Gasteiger charge is 2.25. The minimum absolute atomic E-state index is 0.156. The van der Waals surface area contributed by atoms with Gasteiger partial charge in [-0.2, -0.15) is 0 Å². The van der Waals surface area contributed by atoms with Gasteiger partial charge in [0.2, 0.25) is 11.5 Å². The van der Waals surface area contributed by atoms with Crippen molar-refractivity contribution in [1.29, 1.82) is 0 Å². The van der Waals surface area contributed by atoms with E-state index in [0.29, 0.717) is 24.7 Å². The van der Waals surface area contributed by atoms with Crippen LogP contribution in [0.5, 0.6) is 11.5 Å². The van der Waals surface area contributed by atoms with Crippen LogP contribution in [0.3, 0.4) is 0 Å². The summed E-state index contributed by atoms with van der Waals surface area (Å²) in [5.41, 5.74) is 0. The van der Waals surface area contributed by atoms with E-state index in [1.807, 2.05) is 12.2 Å². The van der Waals surface area contributed by atoms with Crippen LogP contribution in [-0.4, -0.2) is 19.0 Å². The molecule has 0 aliphatic heterocycles. The Balaban J connectivity index is 1.53. The van der Waals surface area contributed by atoms with Gasteiger partial charge in [0.05, 0.1) is 25.7 Å². The van der Waals surface area contributed by atoms with E-state index in [2.05, 4.69) is 61.8 Å². The minimum Gasteiger partial charge on any atom is -0.489 e. The molecule has 5 nitrogen and oxygen atoms in total. The normalized spacial score (nSPS) is 11.8. The molecule has 0 atom stereocenters. The maximum Gasteiger partial charge on any atom is 0.271 e. The third-order valence-corrected chi connectivity index (χ3v) is 7.53. The smallest absolute Gasteiger partial charge is 0.271 e. The Hall–Kier alpha value is -3.73. The monoisotopic (exact) mass is 630 g/mol. The summed E-state index contributed by atoms with van der Waals surface area (Å²) < 4.78 is 22.8. The highest BCUT2D eigenvalue weighted by Crippen LogP contribution is 2.29. The van der Waals surface area contributed by atoms with Crippen molar-refractivity contribution in [2.75, 3.05) is 13.2 Å². The van der Waals surface area contributed by atoms with Crippen molar-refractivity contribution < 1.29 is 23.1 Å². The van der Waals surface area contributed by atoms with Crippen LogP contribution in [0.4, 0.5) is 0 Å². The van der Waals surface area contributed by atoms with Gasteiger partial charge in [-0.3, -0.25) is 4.79 Å². The summed E-state index contributed by atoms with van der Waals surface area (Å²) in [7, 11) is 0. The van der Waals surface area contributed by atoms with Crippen LogP contribution >= 0.6 is 0 Å². The first-order valence-corrected chi connectivity index (χ1v) is 17.5. The van der Waals surface area contributed by atoms with Gasteiger partial charge in [-0.05, 0) is 64.2 Å². The topological polar surface area (TPSA) is 61.8 Å². The van der Waals surface area contributed by atoms with Gasteiger partial charge in [0.25, 0.3) is 5.78 Å². The van der Waals surface area contributed by atoms with Crippen molar-refractivity contribution in [1.82, 2.24) is 0 Å². The van der Waals surface area contributed by atoms with Crippen molar-refractivity contribution in [2.45, 2.75) is 116 Å². The van der Waals surface area contributed by atoms with Crippen molar-refractivity contribution >= 4 is 5.78 Å². The van der Waals surface area contributed by atoms with Gasteiger partial charge in [-0.25, -0.2) is 0 Å². The van der Waals surface area contributed by atoms with Gasteiger partial charge in [-0.15, -0.1) is 13.2 Å². The fourth-order valence-electron chi connectivity index (χ4n) is 4.93. The number of ketones is 1. The van der Waals surface area contributed by atoms with E-state index in [0.717, 1.165) is 64.2 Å². The van der Waals surface area contributed by atoms with Crippen molar-refractivity contribution in [3.05, 3.63) is 110 Å². The predicted molar refractivity (Wildman–Crippen MR) is 192 cm³/mol. The van der Waals surface area contributed by atoms with Gasteiger partial charge >= 0.3 is 0 Å². The first-order valence-electron chi connectivity index (χ1n) is 17.5. The fraction of sp³-hybridized carbons (Fsp3) is 0.488. The van der Waals surface area contributed by atoms with E-state index in [-0.39, 0.29) is 17.3 Å². The second kappa shape index (κ2) is 27.6. The van der Waals surface area contributed by atoms with Crippen molar-refractivity contribution in [3.8, 4) is 11.5 Å². The summed E-state index contributed by atoms with van der Waals surface area (Å²) in [5.74, 6) is 0.860. The molecule has 2 heterocycles. The molecule has 0 saturated carbocycles. The lowest BCUT2D eigenvalue weighted by molar-refractivity contribution is 0.0971. The Kier molecular flexibility index (Phi) is 23.0. The van der Waals surface area contributed by atoms with Crippen LogP contribution in [0.25, 0.3) is 0 Å². The number of allylic oxidation sites excluding steroid dienone is 10. The molecule has 2 aromatic heterocycles. The Labute approximate surface area is 278 Å². The number of hydrogen-bond acceptors (Lipinski definition) is 5. The van der Waals surface area contributed by atoms with E-state index in [4.69, 9.17) is 18.3 Å². The molecular formula is C41H58O5. The van der Waals surface area contributed by atoms with Crippen LogP contribution in [0, 0.1) is 0 Å². The number of rotatable bonds is 30. The first kappa shape index (κ1) is 38.5. The average Bonchev–Trinajstić information content (AvgIpc) is 3.74. The summed E-state index contributed by atoms with van der Waals surface area (Å²) in [6.07, 6.45) is 44.6. The minimum atomic E-state index is -0.358. The van der Waals surface area contributed by atoms with Crippen LogP contribution in [-0.2, 0) is 0 Å². The standard InChI is InChI=1S/C41H58O5/c1-3-5-7-9-11-13-15-17-19-21-23-25-27-29-33-43-37-31-35-45-40(37)39(42)41-38(32-36-46-41)44-34-30-28-26-24-22-20-18-16-14-12-10-8-6-4-2/h3-4,7-10,13-16,31-32,35-36H,1-2,5-6,11-12,17-30,33-34H2/b9-7+,10-8+,15-13+,16-14+. The third-order valence-electron chi connectivity index (χ3n) is 7.53. The number of carbonyl (C=O) groups excluding carboxylic acids is 1. The van der Waals surface area contributed by atoms with Crippen LogP contribution < -0.4 is 9.47 Å². The molecule has 2 rings (SSSR count). The van der Waals surface area contributed by atoms with E-state index >= 15 is 0 Å². The van der Waals surface area contributed by atoms with Gasteiger partial charge in [-0.1, -0.05) is 112 Å². The second-order valence-corrected chi connectivity index (χ2v) is 11.5. The van der Waals surface area contributed by atoms with E-state index in [1.165, 1.54) is 63.9 Å². The molecule has 0 radical (unpaired) electrons. The second-order valence-electron chi connectivity index (χ2n) is 11.5. The van der Waals surface area contributed by atoms with Gasteiger partial charge in [0, 0.05) is 12.1 Å². The van der Waals surface area contributed by atoms with Crippen LogP contribution in [0.15, 0.2) is 107 Å². The van der Waals surface area contributed by atoms with Crippen molar-refractivity contribution in [3.63, 3.8) is 0 Å². The number of furan rings is 2. The summed E-state index contributed by atoms with van der Waals surface area (Å²) in [4.78, 5) is 13.2. The lowest BCUT2D eigenvalue weighted by atomic mass is 10.1. The Bertz CT molecular complexity index is 1080. The van der Waals surface area contributed by atoms with Gasteiger partial charge in [0.1, 0.15) is 0 Å². The lowest BCUT2D eigenvalue weighted by Crippen LogP contribution is -2.06. The molecule has 252 valence electrons. The highest BCUT2D eigenvalue weighted by molar-refractivity contribution is 6.08. The Morgan fingerprint density at radius 2 is 0.891 bits per heavy atom. The maximum absolute atomic E-state index is 13.2. The zero-order chi connectivity index (χ0) is 32.8. The van der Waals surface area contributed by atoms with E-state index < -0.39 is 0 Å². The molecule has 0 aliphatic rings. The summed E-state index contributed by atoms with van der Waals surface area (Å²) in [6.45, 7) is 8.53. The van der Waals surface area contributed by atoms with E-state index in [1.54, 1.807) is 12.1 Å². The fourth-order valence-corrected chi connectivity index (χ4v) is 4.93. The molecule has 0 amide bonds. The third kappa shape index (κ3) is 18.3. The first-order chi connectivity index (χ1) is 22.8. The molecule has 0 aliphatic carbocycles. The largest absolute Gasteiger partial charge is 0.489 e. The Morgan fingerprint density at radius 3 is 1.33 bits per heavy atom. The molecule has 2 aromatic rings. The molecule has 46 heavy (non-hydrogen) atoms. The molecule has 0 N–H and O–H groups in total. The summed E-state index contributed by atoms with van der Waals surface area (Å²) in [5, 5.41) is 0. The number of hydrogen-bond donors (Lipinski definition) is 0. The number of ether oxygens (including phenoxy) is 2. The van der Waals surface area contributed by atoms with E-state index in [9.17, 15) is 4.79 Å². The molecule has 0 spiro atoms. The number of carbonyl (C=O) groups is 1. The molecule has 0 aromatic carbocycles. The average molecular weight is 631 g/mol. The molecule has 0 unspecified atom stereocenters.